The molecule has 4 heteroatoms. The maximum absolute atomic E-state index is 3.66. The van der Waals surface area contributed by atoms with Gasteiger partial charge in [-0.25, -0.2) is 0 Å². The second-order valence-electron chi connectivity index (χ2n) is 5.20. The molecule has 2 rings (SSSR count). The molecule has 1 aromatic heterocycles. The number of rotatable bonds is 5. The summed E-state index contributed by atoms with van der Waals surface area (Å²) in [6.45, 7) is 8.09. The summed E-state index contributed by atoms with van der Waals surface area (Å²) in [5, 5.41) is 3.66. The zero-order valence-corrected chi connectivity index (χ0v) is 13.7. The van der Waals surface area contributed by atoms with Crippen molar-refractivity contribution in [3.8, 4) is 0 Å². The molecule has 2 atom stereocenters. The highest BCUT2D eigenvalue weighted by molar-refractivity contribution is 9.11. The highest BCUT2D eigenvalue weighted by atomic mass is 79.9. The van der Waals surface area contributed by atoms with Crippen molar-refractivity contribution in [2.24, 2.45) is 0 Å². The quantitative estimate of drug-likeness (QED) is 0.881. The van der Waals surface area contributed by atoms with Crippen molar-refractivity contribution >= 4 is 27.3 Å². The van der Waals surface area contributed by atoms with E-state index < -0.39 is 0 Å². The van der Waals surface area contributed by atoms with Gasteiger partial charge in [0.05, 0.1) is 3.79 Å². The van der Waals surface area contributed by atoms with Crippen molar-refractivity contribution in [2.45, 2.75) is 51.7 Å². The third kappa shape index (κ3) is 4.05. The Morgan fingerprint density at radius 3 is 2.94 bits per heavy atom. The van der Waals surface area contributed by atoms with Crippen LogP contribution in [0.5, 0.6) is 0 Å². The fourth-order valence-corrected chi connectivity index (χ4v) is 4.14. The zero-order valence-electron chi connectivity index (χ0n) is 11.3. The largest absolute Gasteiger partial charge is 0.314 e. The minimum atomic E-state index is 0.689. The molecule has 1 saturated heterocycles. The standard InChI is InChI=1S/C14H23BrN2S/c1-3-7-16-12-6-8-17(11(2)9-12)10-13-4-5-14(15)18-13/h4-5,11-12,16H,3,6-10H2,1-2H3. The van der Waals surface area contributed by atoms with E-state index >= 15 is 0 Å². The van der Waals surface area contributed by atoms with Crippen LogP contribution in [0.2, 0.25) is 0 Å². The van der Waals surface area contributed by atoms with Crippen LogP contribution < -0.4 is 5.32 Å². The fraction of sp³-hybridized carbons (Fsp3) is 0.714. The Hall–Kier alpha value is 0.1000. The summed E-state index contributed by atoms with van der Waals surface area (Å²) in [4.78, 5) is 4.08. The van der Waals surface area contributed by atoms with Gasteiger partial charge < -0.3 is 5.32 Å². The summed E-state index contributed by atoms with van der Waals surface area (Å²) in [6.07, 6.45) is 3.81. The van der Waals surface area contributed by atoms with Gasteiger partial charge in [0.2, 0.25) is 0 Å². The monoisotopic (exact) mass is 330 g/mol. The Morgan fingerprint density at radius 2 is 2.33 bits per heavy atom. The average Bonchev–Trinajstić information content (AvgIpc) is 2.75. The SMILES string of the molecule is CCCNC1CCN(Cc2ccc(Br)s2)C(C)C1. The summed E-state index contributed by atoms with van der Waals surface area (Å²) in [6, 6.07) is 5.81. The maximum atomic E-state index is 3.66. The van der Waals surface area contributed by atoms with Crippen LogP contribution >= 0.6 is 27.3 Å². The third-order valence-electron chi connectivity index (χ3n) is 3.68. The molecular formula is C14H23BrN2S. The summed E-state index contributed by atoms with van der Waals surface area (Å²) < 4.78 is 1.24. The van der Waals surface area contributed by atoms with Crippen LogP contribution in [-0.4, -0.2) is 30.1 Å². The van der Waals surface area contributed by atoms with Gasteiger partial charge in [0.25, 0.3) is 0 Å². The second kappa shape index (κ2) is 7.04. The lowest BCUT2D eigenvalue weighted by Gasteiger charge is -2.37. The van der Waals surface area contributed by atoms with Gasteiger partial charge in [-0.15, -0.1) is 11.3 Å². The van der Waals surface area contributed by atoms with E-state index in [9.17, 15) is 0 Å². The number of hydrogen-bond acceptors (Lipinski definition) is 3. The van der Waals surface area contributed by atoms with Crippen molar-refractivity contribution in [2.75, 3.05) is 13.1 Å². The van der Waals surface area contributed by atoms with Crippen LogP contribution in [0.1, 0.15) is 38.0 Å². The van der Waals surface area contributed by atoms with E-state index in [1.807, 2.05) is 11.3 Å². The van der Waals surface area contributed by atoms with Crippen molar-refractivity contribution in [1.82, 2.24) is 10.2 Å². The lowest BCUT2D eigenvalue weighted by molar-refractivity contribution is 0.130. The van der Waals surface area contributed by atoms with Gasteiger partial charge in [0.1, 0.15) is 0 Å². The molecule has 0 bridgehead atoms. The first-order valence-electron chi connectivity index (χ1n) is 6.90. The highest BCUT2D eigenvalue weighted by Crippen LogP contribution is 2.26. The minimum absolute atomic E-state index is 0.689. The van der Waals surface area contributed by atoms with Crippen LogP contribution in [0.25, 0.3) is 0 Å². The van der Waals surface area contributed by atoms with Gasteiger partial charge >= 0.3 is 0 Å². The number of thiophene rings is 1. The fourth-order valence-electron chi connectivity index (χ4n) is 2.63. The Bertz CT molecular complexity index is 366. The molecule has 1 fully saturated rings. The van der Waals surface area contributed by atoms with Crippen molar-refractivity contribution in [3.63, 3.8) is 0 Å². The molecule has 0 aromatic carbocycles. The smallest absolute Gasteiger partial charge is 0.0701 e. The summed E-state index contributed by atoms with van der Waals surface area (Å²) in [5.74, 6) is 0. The van der Waals surface area contributed by atoms with E-state index in [2.05, 4.69) is 52.1 Å². The van der Waals surface area contributed by atoms with Crippen LogP contribution in [-0.2, 0) is 6.54 Å². The molecular weight excluding hydrogens is 308 g/mol. The van der Waals surface area contributed by atoms with Crippen LogP contribution in [0.15, 0.2) is 15.9 Å². The first-order valence-corrected chi connectivity index (χ1v) is 8.51. The summed E-state index contributed by atoms with van der Waals surface area (Å²) in [7, 11) is 0. The molecule has 0 saturated carbocycles. The Balaban J connectivity index is 1.82. The van der Waals surface area contributed by atoms with Gasteiger partial charge in [0.15, 0.2) is 0 Å². The Morgan fingerprint density at radius 1 is 1.50 bits per heavy atom. The molecule has 0 aliphatic carbocycles. The lowest BCUT2D eigenvalue weighted by Crippen LogP contribution is -2.47. The molecule has 1 N–H and O–H groups in total. The third-order valence-corrected chi connectivity index (χ3v) is 5.29. The topological polar surface area (TPSA) is 15.3 Å². The first kappa shape index (κ1) is 14.5. The first-order chi connectivity index (χ1) is 8.69. The lowest BCUT2D eigenvalue weighted by atomic mass is 9.98. The van der Waals surface area contributed by atoms with E-state index in [0.29, 0.717) is 6.04 Å². The zero-order chi connectivity index (χ0) is 13.0. The number of likely N-dealkylation sites (tertiary alicyclic amines) is 1. The molecule has 102 valence electrons. The molecule has 2 unspecified atom stereocenters. The van der Waals surface area contributed by atoms with E-state index in [1.165, 1.54) is 34.5 Å². The predicted molar refractivity (Wildman–Crippen MR) is 83.2 cm³/mol. The van der Waals surface area contributed by atoms with Gasteiger partial charge in [-0.2, -0.15) is 0 Å². The Labute approximate surface area is 123 Å². The van der Waals surface area contributed by atoms with Gasteiger partial charge in [0, 0.05) is 30.1 Å². The molecule has 0 amide bonds. The second-order valence-corrected chi connectivity index (χ2v) is 7.75. The number of hydrogen-bond donors (Lipinski definition) is 1. The molecule has 0 radical (unpaired) electrons. The van der Waals surface area contributed by atoms with Crippen molar-refractivity contribution < 1.29 is 0 Å². The van der Waals surface area contributed by atoms with Gasteiger partial charge in [-0.1, -0.05) is 6.92 Å². The molecule has 18 heavy (non-hydrogen) atoms. The van der Waals surface area contributed by atoms with Crippen molar-refractivity contribution in [3.05, 3.63) is 20.8 Å². The number of piperidine rings is 1. The van der Waals surface area contributed by atoms with Crippen LogP contribution in [0.3, 0.4) is 0 Å². The molecule has 2 heterocycles. The predicted octanol–water partition coefficient (Wildman–Crippen LogP) is 3.86. The molecule has 2 nitrogen and oxygen atoms in total. The maximum Gasteiger partial charge on any atom is 0.0701 e. The number of nitrogens with zero attached hydrogens (tertiary/aromatic N) is 1. The van der Waals surface area contributed by atoms with E-state index in [4.69, 9.17) is 0 Å². The van der Waals surface area contributed by atoms with E-state index in [1.54, 1.807) is 0 Å². The summed E-state index contributed by atoms with van der Waals surface area (Å²) in [5.41, 5.74) is 0. The van der Waals surface area contributed by atoms with Gasteiger partial charge in [-0.3, -0.25) is 4.90 Å². The van der Waals surface area contributed by atoms with Gasteiger partial charge in [-0.05, 0) is 60.8 Å². The van der Waals surface area contributed by atoms with E-state index in [0.717, 1.165) is 19.1 Å². The Kier molecular flexibility index (Phi) is 5.67. The molecule has 1 aliphatic rings. The molecule has 0 spiro atoms. The average molecular weight is 331 g/mol. The summed E-state index contributed by atoms with van der Waals surface area (Å²) >= 11 is 5.40. The normalized spacial score (nSPS) is 25.5. The minimum Gasteiger partial charge on any atom is -0.314 e. The van der Waals surface area contributed by atoms with Crippen LogP contribution in [0.4, 0.5) is 0 Å². The van der Waals surface area contributed by atoms with Crippen molar-refractivity contribution in [1.29, 1.82) is 0 Å². The highest BCUT2D eigenvalue weighted by Gasteiger charge is 2.25. The number of halogens is 1. The van der Waals surface area contributed by atoms with E-state index in [-0.39, 0.29) is 0 Å². The molecule has 1 aromatic rings. The number of nitrogens with one attached hydrogen (secondary N) is 1. The van der Waals surface area contributed by atoms with Crippen LogP contribution in [0, 0.1) is 0 Å². The molecule has 1 aliphatic heterocycles.